The molecule has 0 unspecified atom stereocenters. The summed E-state index contributed by atoms with van der Waals surface area (Å²) in [7, 11) is 1.55. The molecule has 41 heavy (non-hydrogen) atoms. The summed E-state index contributed by atoms with van der Waals surface area (Å²) in [5.74, 6) is 0.0906. The van der Waals surface area contributed by atoms with Gasteiger partial charge in [-0.05, 0) is 79.1 Å². The van der Waals surface area contributed by atoms with E-state index in [1.54, 1.807) is 72.4 Å². The second kappa shape index (κ2) is 14.6. The van der Waals surface area contributed by atoms with Crippen molar-refractivity contribution in [1.29, 1.82) is 0 Å². The van der Waals surface area contributed by atoms with Crippen LogP contribution in [0.2, 0.25) is 0 Å². The summed E-state index contributed by atoms with van der Waals surface area (Å²) < 4.78 is 5.15. The Hall–Kier alpha value is -4.76. The fourth-order valence-corrected chi connectivity index (χ4v) is 4.56. The summed E-state index contributed by atoms with van der Waals surface area (Å²) in [6.45, 7) is 0. The molecular formula is C32H32N4O4S. The number of hydrogen-bond acceptors (Lipinski definition) is 6. The van der Waals surface area contributed by atoms with Gasteiger partial charge in [-0.15, -0.1) is 0 Å². The van der Waals surface area contributed by atoms with Crippen molar-refractivity contribution in [2.45, 2.75) is 12.5 Å². The molecule has 0 bridgehead atoms. The maximum Gasteiger partial charge on any atom is 0.261 e. The van der Waals surface area contributed by atoms with E-state index in [1.165, 1.54) is 0 Å². The van der Waals surface area contributed by atoms with E-state index >= 15 is 0 Å². The molecule has 0 saturated carbocycles. The highest BCUT2D eigenvalue weighted by Crippen LogP contribution is 2.23. The van der Waals surface area contributed by atoms with E-state index in [9.17, 15) is 14.4 Å². The minimum absolute atomic E-state index is 0.249. The highest BCUT2D eigenvalue weighted by molar-refractivity contribution is 7.98. The summed E-state index contributed by atoms with van der Waals surface area (Å²) in [5, 5.41) is 7.40. The van der Waals surface area contributed by atoms with Gasteiger partial charge in [0.1, 0.15) is 11.8 Å². The van der Waals surface area contributed by atoms with Crippen LogP contribution in [0, 0.1) is 0 Å². The topological polar surface area (TPSA) is 99.8 Å². The van der Waals surface area contributed by atoms with Crippen LogP contribution >= 0.6 is 11.8 Å². The minimum Gasteiger partial charge on any atom is -0.497 e. The van der Waals surface area contributed by atoms with Gasteiger partial charge < -0.3 is 15.4 Å². The third-order valence-corrected chi connectivity index (χ3v) is 6.90. The van der Waals surface area contributed by atoms with Gasteiger partial charge >= 0.3 is 0 Å². The van der Waals surface area contributed by atoms with E-state index in [0.29, 0.717) is 29.2 Å². The first-order chi connectivity index (χ1) is 20.0. The van der Waals surface area contributed by atoms with E-state index in [2.05, 4.69) is 16.1 Å². The first kappa shape index (κ1) is 29.2. The Morgan fingerprint density at radius 3 is 1.95 bits per heavy atom. The number of methoxy groups -OCH3 is 1. The molecule has 0 aliphatic carbocycles. The molecule has 0 saturated heterocycles. The van der Waals surface area contributed by atoms with E-state index in [0.717, 1.165) is 11.4 Å². The molecule has 8 nitrogen and oxygen atoms in total. The van der Waals surface area contributed by atoms with Gasteiger partial charge in [0.15, 0.2) is 0 Å². The molecule has 0 heterocycles. The lowest BCUT2D eigenvalue weighted by Gasteiger charge is -2.28. The molecule has 9 heteroatoms. The standard InChI is InChI=1S/C32H32N4O4S/c1-40-26-19-17-23(18-20-26)30(37)33-28-16-10-9-15-27(28)31(38)34-29(21-22-41-2)32(39)35-36(24-11-5-3-6-12-24)25-13-7-4-8-14-25/h3-20,29H,21-22H2,1-2H3,(H,33,37)(H,34,38)(H,35,39)/t29-/m0/s1. The van der Waals surface area contributed by atoms with Crippen LogP contribution in [0.3, 0.4) is 0 Å². The molecule has 4 aromatic rings. The van der Waals surface area contributed by atoms with Gasteiger partial charge in [-0.3, -0.25) is 24.8 Å². The molecule has 0 spiro atoms. The van der Waals surface area contributed by atoms with Crippen molar-refractivity contribution in [3.05, 3.63) is 120 Å². The first-order valence-electron chi connectivity index (χ1n) is 13.0. The summed E-state index contributed by atoms with van der Waals surface area (Å²) in [6.07, 6.45) is 2.36. The second-order valence-electron chi connectivity index (χ2n) is 9.02. The number of thioether (sulfide) groups is 1. The van der Waals surface area contributed by atoms with Crippen LogP contribution in [0.15, 0.2) is 109 Å². The SMILES string of the molecule is COc1ccc(C(=O)Nc2ccccc2C(=O)N[C@@H](CCSC)C(=O)NN(c2ccccc2)c2ccccc2)cc1. The highest BCUT2D eigenvalue weighted by atomic mass is 32.2. The van der Waals surface area contributed by atoms with Crippen molar-refractivity contribution in [2.24, 2.45) is 0 Å². The summed E-state index contributed by atoms with van der Waals surface area (Å²) >= 11 is 1.58. The van der Waals surface area contributed by atoms with Gasteiger partial charge in [0, 0.05) is 5.56 Å². The first-order valence-corrected chi connectivity index (χ1v) is 14.4. The lowest BCUT2D eigenvalue weighted by atomic mass is 10.1. The Morgan fingerprint density at radius 1 is 0.780 bits per heavy atom. The molecule has 4 rings (SSSR count). The quantitative estimate of drug-likeness (QED) is 0.191. The molecule has 1 atom stereocenters. The molecule has 4 aromatic carbocycles. The average Bonchev–Trinajstić information content (AvgIpc) is 3.02. The van der Waals surface area contributed by atoms with Crippen molar-refractivity contribution in [3.63, 3.8) is 0 Å². The minimum atomic E-state index is -0.824. The smallest absolute Gasteiger partial charge is 0.261 e. The number of carbonyl (C=O) groups is 3. The fourth-order valence-electron chi connectivity index (χ4n) is 4.09. The van der Waals surface area contributed by atoms with Crippen LogP contribution in [-0.4, -0.2) is 42.9 Å². The van der Waals surface area contributed by atoms with Crippen molar-refractivity contribution >= 4 is 46.5 Å². The summed E-state index contributed by atoms with van der Waals surface area (Å²) in [6, 6.07) is 31.5. The van der Waals surface area contributed by atoms with E-state index < -0.39 is 11.9 Å². The van der Waals surface area contributed by atoms with Crippen LogP contribution in [0.5, 0.6) is 5.75 Å². The van der Waals surface area contributed by atoms with Gasteiger partial charge in [-0.2, -0.15) is 11.8 Å². The predicted molar refractivity (Wildman–Crippen MR) is 165 cm³/mol. The van der Waals surface area contributed by atoms with Crippen LogP contribution < -0.4 is 25.8 Å². The Balaban J connectivity index is 1.53. The van der Waals surface area contributed by atoms with Crippen LogP contribution in [0.4, 0.5) is 17.1 Å². The molecule has 3 amide bonds. The summed E-state index contributed by atoms with van der Waals surface area (Å²) in [5.41, 5.74) is 5.53. The van der Waals surface area contributed by atoms with Gasteiger partial charge in [0.2, 0.25) is 0 Å². The molecule has 0 fully saturated rings. The molecule has 0 radical (unpaired) electrons. The van der Waals surface area contributed by atoms with Crippen LogP contribution in [-0.2, 0) is 4.79 Å². The molecule has 0 aliphatic rings. The Kier molecular flexibility index (Phi) is 10.4. The number of nitrogens with one attached hydrogen (secondary N) is 3. The van der Waals surface area contributed by atoms with Crippen molar-refractivity contribution in [2.75, 3.05) is 29.4 Å². The Labute approximate surface area is 244 Å². The van der Waals surface area contributed by atoms with Crippen molar-refractivity contribution in [3.8, 4) is 5.75 Å². The monoisotopic (exact) mass is 568 g/mol. The number of hydrazine groups is 1. The van der Waals surface area contributed by atoms with Crippen molar-refractivity contribution < 1.29 is 19.1 Å². The lowest BCUT2D eigenvalue weighted by molar-refractivity contribution is -0.123. The van der Waals surface area contributed by atoms with Gasteiger partial charge in [0.25, 0.3) is 17.7 Å². The van der Waals surface area contributed by atoms with E-state index in [4.69, 9.17) is 4.74 Å². The maximum absolute atomic E-state index is 13.6. The number of amides is 3. The number of rotatable bonds is 12. The summed E-state index contributed by atoms with van der Waals surface area (Å²) in [4.78, 5) is 40.0. The zero-order chi connectivity index (χ0) is 29.0. The Bertz CT molecular complexity index is 1410. The molecule has 3 N–H and O–H groups in total. The van der Waals surface area contributed by atoms with Gasteiger partial charge in [-0.25, -0.2) is 0 Å². The molecule has 210 valence electrons. The number of carbonyl (C=O) groups excluding carboxylic acids is 3. The largest absolute Gasteiger partial charge is 0.497 e. The van der Waals surface area contributed by atoms with Gasteiger partial charge in [0.05, 0.1) is 29.7 Å². The average molecular weight is 569 g/mol. The number of benzene rings is 4. The number of nitrogens with zero attached hydrogens (tertiary/aromatic N) is 1. The molecule has 0 aromatic heterocycles. The third kappa shape index (κ3) is 7.89. The fraction of sp³-hybridized carbons (Fsp3) is 0.156. The van der Waals surface area contributed by atoms with Crippen LogP contribution in [0.25, 0.3) is 0 Å². The zero-order valence-electron chi connectivity index (χ0n) is 22.9. The predicted octanol–water partition coefficient (Wildman–Crippen LogP) is 5.67. The number of ether oxygens (including phenoxy) is 1. The van der Waals surface area contributed by atoms with Crippen LogP contribution in [0.1, 0.15) is 27.1 Å². The number of para-hydroxylation sites is 3. The normalized spacial score (nSPS) is 11.2. The lowest BCUT2D eigenvalue weighted by Crippen LogP contribution is -2.51. The highest BCUT2D eigenvalue weighted by Gasteiger charge is 2.25. The number of anilines is 3. The third-order valence-electron chi connectivity index (χ3n) is 6.26. The molecular weight excluding hydrogens is 536 g/mol. The van der Waals surface area contributed by atoms with Gasteiger partial charge in [-0.1, -0.05) is 48.5 Å². The Morgan fingerprint density at radius 2 is 1.37 bits per heavy atom. The maximum atomic E-state index is 13.6. The van der Waals surface area contributed by atoms with Crippen molar-refractivity contribution in [1.82, 2.24) is 10.7 Å². The zero-order valence-corrected chi connectivity index (χ0v) is 23.7. The van der Waals surface area contributed by atoms with E-state index in [-0.39, 0.29) is 17.4 Å². The van der Waals surface area contributed by atoms with E-state index in [1.807, 2.05) is 66.9 Å². The second-order valence-corrected chi connectivity index (χ2v) is 10.0. The molecule has 0 aliphatic heterocycles. The number of hydrogen-bond donors (Lipinski definition) is 3.